The van der Waals surface area contributed by atoms with Crippen molar-refractivity contribution in [2.45, 2.75) is 19.9 Å². The largest absolute Gasteiger partial charge is 0.354 e. The minimum atomic E-state index is -0.432. The van der Waals surface area contributed by atoms with E-state index in [0.717, 1.165) is 38.9 Å². The average Bonchev–Trinajstić information content (AvgIpc) is 3.42. The van der Waals surface area contributed by atoms with E-state index in [4.69, 9.17) is 11.6 Å². The summed E-state index contributed by atoms with van der Waals surface area (Å²) in [5.41, 5.74) is 8.13. The lowest BCUT2D eigenvalue weighted by Crippen LogP contribution is -2.36. The smallest absolute Gasteiger partial charge is 0.255 e. The standard InChI is InChI=1S/C32H26ClN3O2/c1-19-11-14-21(15-12-19)30-29(25-9-5-6-10-27(25)35-30)31-23-7-3-4-8-24(23)32(38)36(31)18-28(37)34-22-16-13-20(2)26(33)17-22/h3-17,31,35H,18H2,1-2H3,(H,34,37). The maximum absolute atomic E-state index is 13.7. The van der Waals surface area contributed by atoms with Gasteiger partial charge in [0.25, 0.3) is 5.91 Å². The Morgan fingerprint density at radius 2 is 1.68 bits per heavy atom. The van der Waals surface area contributed by atoms with Crippen molar-refractivity contribution < 1.29 is 9.59 Å². The van der Waals surface area contributed by atoms with Gasteiger partial charge in [0, 0.05) is 32.7 Å². The van der Waals surface area contributed by atoms with E-state index in [1.165, 1.54) is 5.56 Å². The molecule has 4 aromatic carbocycles. The molecule has 0 fully saturated rings. The summed E-state index contributed by atoms with van der Waals surface area (Å²) in [6.45, 7) is 3.87. The number of rotatable bonds is 5. The van der Waals surface area contributed by atoms with Crippen molar-refractivity contribution in [1.29, 1.82) is 0 Å². The van der Waals surface area contributed by atoms with E-state index in [9.17, 15) is 9.59 Å². The highest BCUT2D eigenvalue weighted by molar-refractivity contribution is 6.31. The van der Waals surface area contributed by atoms with Crippen LogP contribution in [0.1, 0.15) is 38.7 Å². The third-order valence-electron chi connectivity index (χ3n) is 7.19. The first kappa shape index (κ1) is 24.0. The SMILES string of the molecule is Cc1ccc(-c2[nH]c3ccccc3c2C2c3ccccc3C(=O)N2CC(=O)Nc2ccc(C)c(Cl)c2)cc1. The van der Waals surface area contributed by atoms with Crippen LogP contribution in [0.25, 0.3) is 22.2 Å². The van der Waals surface area contributed by atoms with Gasteiger partial charge in [0.05, 0.1) is 11.7 Å². The fraction of sp³-hybridized carbons (Fsp3) is 0.125. The summed E-state index contributed by atoms with van der Waals surface area (Å²) in [5, 5.41) is 4.51. The van der Waals surface area contributed by atoms with Gasteiger partial charge in [0.1, 0.15) is 6.54 Å². The van der Waals surface area contributed by atoms with Crippen molar-refractivity contribution in [1.82, 2.24) is 9.88 Å². The number of para-hydroxylation sites is 1. The second-order valence-electron chi connectivity index (χ2n) is 9.76. The van der Waals surface area contributed by atoms with Gasteiger partial charge in [-0.1, -0.05) is 83.9 Å². The Kier molecular flexibility index (Phi) is 6.01. The zero-order chi connectivity index (χ0) is 26.4. The monoisotopic (exact) mass is 519 g/mol. The molecule has 188 valence electrons. The number of hydrogen-bond donors (Lipinski definition) is 2. The zero-order valence-corrected chi connectivity index (χ0v) is 21.8. The molecule has 0 saturated heterocycles. The highest BCUT2D eigenvalue weighted by Gasteiger charge is 2.41. The molecule has 0 aliphatic carbocycles. The van der Waals surface area contributed by atoms with Crippen molar-refractivity contribution >= 4 is 40.0 Å². The summed E-state index contributed by atoms with van der Waals surface area (Å²) in [6.07, 6.45) is 0. The van der Waals surface area contributed by atoms with Gasteiger partial charge in [-0.05, 0) is 54.8 Å². The van der Waals surface area contributed by atoms with E-state index in [-0.39, 0.29) is 18.4 Å². The minimum Gasteiger partial charge on any atom is -0.354 e. The molecular formula is C32H26ClN3O2. The van der Waals surface area contributed by atoms with Crippen LogP contribution in [0.4, 0.5) is 5.69 Å². The van der Waals surface area contributed by atoms with Crippen LogP contribution in [0, 0.1) is 13.8 Å². The maximum Gasteiger partial charge on any atom is 0.255 e. The Morgan fingerprint density at radius 1 is 0.947 bits per heavy atom. The molecule has 5 aromatic rings. The third-order valence-corrected chi connectivity index (χ3v) is 7.59. The molecule has 6 rings (SSSR count). The predicted molar refractivity (Wildman–Crippen MR) is 153 cm³/mol. The second kappa shape index (κ2) is 9.51. The van der Waals surface area contributed by atoms with E-state index in [2.05, 4.69) is 47.6 Å². The summed E-state index contributed by atoms with van der Waals surface area (Å²) in [5.74, 6) is -0.448. The number of anilines is 1. The topological polar surface area (TPSA) is 65.2 Å². The number of aromatic nitrogens is 1. The molecule has 0 saturated carbocycles. The van der Waals surface area contributed by atoms with E-state index in [1.54, 1.807) is 11.0 Å². The van der Waals surface area contributed by atoms with E-state index in [0.29, 0.717) is 16.3 Å². The maximum atomic E-state index is 13.7. The van der Waals surface area contributed by atoms with Crippen LogP contribution in [0.2, 0.25) is 5.02 Å². The van der Waals surface area contributed by atoms with Gasteiger partial charge in [0.15, 0.2) is 0 Å². The van der Waals surface area contributed by atoms with E-state index < -0.39 is 6.04 Å². The number of benzene rings is 4. The molecule has 0 spiro atoms. The first-order valence-corrected chi connectivity index (χ1v) is 12.9. The average molecular weight is 520 g/mol. The van der Waals surface area contributed by atoms with Crippen LogP contribution in [0.5, 0.6) is 0 Å². The van der Waals surface area contributed by atoms with Gasteiger partial charge in [-0.25, -0.2) is 0 Å². The number of H-pyrrole nitrogens is 1. The number of carbonyl (C=O) groups excluding carboxylic acids is 2. The minimum absolute atomic E-state index is 0.101. The second-order valence-corrected chi connectivity index (χ2v) is 10.2. The number of aromatic amines is 1. The molecule has 1 aliphatic rings. The fourth-order valence-corrected chi connectivity index (χ4v) is 5.45. The molecule has 1 unspecified atom stereocenters. The number of aryl methyl sites for hydroxylation is 2. The highest BCUT2D eigenvalue weighted by Crippen LogP contribution is 2.45. The summed E-state index contributed by atoms with van der Waals surface area (Å²) < 4.78 is 0. The lowest BCUT2D eigenvalue weighted by Gasteiger charge is -2.26. The summed E-state index contributed by atoms with van der Waals surface area (Å²) in [7, 11) is 0. The van der Waals surface area contributed by atoms with Crippen molar-refractivity contribution in [2.24, 2.45) is 0 Å². The Hall–Kier alpha value is -4.35. The summed E-state index contributed by atoms with van der Waals surface area (Å²) >= 11 is 6.26. The van der Waals surface area contributed by atoms with Gasteiger partial charge in [-0.15, -0.1) is 0 Å². The number of carbonyl (C=O) groups is 2. The van der Waals surface area contributed by atoms with E-state index >= 15 is 0 Å². The van der Waals surface area contributed by atoms with Crippen LogP contribution < -0.4 is 5.32 Å². The zero-order valence-electron chi connectivity index (χ0n) is 21.1. The van der Waals surface area contributed by atoms with Gasteiger partial charge in [-0.3, -0.25) is 9.59 Å². The van der Waals surface area contributed by atoms with E-state index in [1.807, 2.05) is 61.5 Å². The normalized spacial score (nSPS) is 14.7. The van der Waals surface area contributed by atoms with Crippen LogP contribution in [0.15, 0.2) is 91.0 Å². The number of fused-ring (bicyclic) bond motifs is 2. The van der Waals surface area contributed by atoms with Crippen molar-refractivity contribution in [3.63, 3.8) is 0 Å². The molecule has 6 heteroatoms. The molecule has 0 radical (unpaired) electrons. The van der Waals surface area contributed by atoms with Crippen LogP contribution in [-0.2, 0) is 4.79 Å². The van der Waals surface area contributed by atoms with Crippen molar-refractivity contribution in [3.05, 3.63) is 124 Å². The molecule has 1 aromatic heterocycles. The van der Waals surface area contributed by atoms with Crippen LogP contribution in [-0.4, -0.2) is 28.2 Å². The summed E-state index contributed by atoms with van der Waals surface area (Å²) in [6, 6.07) is 29.0. The molecule has 2 heterocycles. The third kappa shape index (κ3) is 4.15. The number of nitrogens with one attached hydrogen (secondary N) is 2. The predicted octanol–water partition coefficient (Wildman–Crippen LogP) is 7.29. The quantitative estimate of drug-likeness (QED) is 0.256. The first-order chi connectivity index (χ1) is 18.4. The van der Waals surface area contributed by atoms with Gasteiger partial charge < -0.3 is 15.2 Å². The Labute approximate surface area is 226 Å². The van der Waals surface area contributed by atoms with Crippen molar-refractivity contribution in [2.75, 3.05) is 11.9 Å². The van der Waals surface area contributed by atoms with Gasteiger partial charge in [-0.2, -0.15) is 0 Å². The molecule has 2 amide bonds. The number of nitrogens with zero attached hydrogens (tertiary/aromatic N) is 1. The number of hydrogen-bond acceptors (Lipinski definition) is 2. The van der Waals surface area contributed by atoms with Crippen molar-refractivity contribution in [3.8, 4) is 11.3 Å². The lowest BCUT2D eigenvalue weighted by atomic mass is 9.93. The lowest BCUT2D eigenvalue weighted by molar-refractivity contribution is -0.117. The van der Waals surface area contributed by atoms with Crippen LogP contribution >= 0.6 is 11.6 Å². The fourth-order valence-electron chi connectivity index (χ4n) is 5.27. The summed E-state index contributed by atoms with van der Waals surface area (Å²) in [4.78, 5) is 32.3. The molecule has 1 atom stereocenters. The Balaban J connectivity index is 1.46. The van der Waals surface area contributed by atoms with Crippen LogP contribution in [0.3, 0.4) is 0 Å². The number of halogens is 1. The molecular weight excluding hydrogens is 494 g/mol. The molecule has 5 nitrogen and oxygen atoms in total. The molecule has 0 bridgehead atoms. The van der Waals surface area contributed by atoms with Gasteiger partial charge in [0.2, 0.25) is 5.91 Å². The molecule has 1 aliphatic heterocycles. The highest BCUT2D eigenvalue weighted by atomic mass is 35.5. The molecule has 2 N–H and O–H groups in total. The Bertz CT molecular complexity index is 1700. The van der Waals surface area contributed by atoms with Gasteiger partial charge >= 0.3 is 0 Å². The number of amides is 2. The molecule has 38 heavy (non-hydrogen) atoms. The Morgan fingerprint density at radius 3 is 2.47 bits per heavy atom. The first-order valence-electron chi connectivity index (χ1n) is 12.5.